The fourth-order valence-corrected chi connectivity index (χ4v) is 12.3. The Balaban J connectivity index is 1.24. The first-order valence-corrected chi connectivity index (χ1v) is 22.5. The van der Waals surface area contributed by atoms with Crippen molar-refractivity contribution in [2.24, 2.45) is 0 Å². The van der Waals surface area contributed by atoms with Crippen LogP contribution in [0.5, 0.6) is 0 Å². The first-order chi connectivity index (χ1) is 53.5. The van der Waals surface area contributed by atoms with Crippen molar-refractivity contribution in [3.05, 3.63) is 272 Å². The zero-order chi connectivity index (χ0) is 85.3. The molecule has 0 aliphatic rings. The van der Waals surface area contributed by atoms with Gasteiger partial charge < -0.3 is 13.7 Å². The largest absolute Gasteiger partial charge is 0.309 e. The molecule has 0 radical (unpaired) electrons. The van der Waals surface area contributed by atoms with Crippen molar-refractivity contribution in [3.63, 3.8) is 0 Å². The van der Waals surface area contributed by atoms with Gasteiger partial charge in [-0.15, -0.1) is 0 Å². The third-order valence-corrected chi connectivity index (χ3v) is 15.5. The average molecular weight is 953 g/mol. The Morgan fingerprint density at radius 2 is 0.686 bits per heavy atom. The van der Waals surface area contributed by atoms with E-state index in [0.29, 0.717) is 13.7 Å². The molecular formula is C66H45N3Si. The molecule has 0 saturated heterocycles. The highest BCUT2D eigenvalue weighted by atomic mass is 28.3. The summed E-state index contributed by atoms with van der Waals surface area (Å²) < 4.78 is 426. The number of aromatic nitrogens is 3. The minimum Gasteiger partial charge on any atom is -0.309 e. The Kier molecular flexibility index (Phi) is 3.57. The van der Waals surface area contributed by atoms with Crippen LogP contribution in [0.2, 0.25) is 0 Å². The van der Waals surface area contributed by atoms with Crippen LogP contribution in [0.4, 0.5) is 0 Å². The van der Waals surface area contributed by atoms with Crippen LogP contribution < -0.4 is 20.7 Å². The third kappa shape index (κ3) is 6.00. The average Bonchev–Trinajstić information content (AvgIpc) is 1.16. The van der Waals surface area contributed by atoms with Crippen molar-refractivity contribution in [2.45, 2.75) is 0 Å². The fraction of sp³-hybridized carbons (Fsp3) is 0. The Morgan fingerprint density at radius 1 is 0.257 bits per heavy atom. The van der Waals surface area contributed by atoms with Crippen molar-refractivity contribution in [1.82, 2.24) is 13.7 Å². The molecule has 3 nitrogen and oxygen atoms in total. The highest BCUT2D eigenvalue weighted by Gasteiger charge is 2.41. The smallest absolute Gasteiger partial charge is 0.179 e. The molecule has 0 N–H and O–H groups in total. The van der Waals surface area contributed by atoms with Gasteiger partial charge in [-0.25, -0.2) is 0 Å². The van der Waals surface area contributed by atoms with Crippen LogP contribution in [-0.2, 0) is 0 Å². The van der Waals surface area contributed by atoms with Crippen molar-refractivity contribution in [3.8, 4) is 28.2 Å². The van der Waals surface area contributed by atoms with E-state index < -0.39 is 394 Å². The van der Waals surface area contributed by atoms with Crippen LogP contribution in [0.25, 0.3) is 93.6 Å². The highest BCUT2D eigenvalue weighted by Crippen LogP contribution is 2.41. The van der Waals surface area contributed by atoms with E-state index in [2.05, 4.69) is 0 Å². The second-order valence-corrected chi connectivity index (χ2v) is 18.5. The van der Waals surface area contributed by atoms with Gasteiger partial charge in [0.1, 0.15) is 0 Å². The Morgan fingerprint density at radius 3 is 1.29 bits per heavy atom. The molecule has 0 bridgehead atoms. The number of hydrogen-bond donors (Lipinski definition) is 0. The van der Waals surface area contributed by atoms with E-state index in [9.17, 15) is 34.3 Å². The van der Waals surface area contributed by atoms with E-state index in [1.807, 2.05) is 0 Å². The molecule has 14 rings (SSSR count). The van der Waals surface area contributed by atoms with E-state index in [0.717, 1.165) is 0 Å². The molecule has 3 heterocycles. The molecule has 3 aromatic heterocycles. The maximum atomic E-state index is 10.9. The van der Waals surface area contributed by atoms with Crippen LogP contribution >= 0.6 is 0 Å². The highest BCUT2D eigenvalue weighted by molar-refractivity contribution is 7.20. The zero-order valence-electron chi connectivity index (χ0n) is 79.8. The van der Waals surface area contributed by atoms with Crippen molar-refractivity contribution < 1.29 is 61.7 Å². The topological polar surface area (TPSA) is 14.8 Å². The molecule has 0 spiro atoms. The molecule has 14 aromatic rings. The summed E-state index contributed by atoms with van der Waals surface area (Å²) in [5, 5.41) is -10.6. The molecule has 0 aliphatic heterocycles. The summed E-state index contributed by atoms with van der Waals surface area (Å²) in [5.74, 6) is 0. The third-order valence-electron chi connectivity index (χ3n) is 11.5. The van der Waals surface area contributed by atoms with Gasteiger partial charge in [-0.3, -0.25) is 0 Å². The minimum absolute atomic E-state index is 0.408. The Hall–Kier alpha value is -8.96. The summed E-state index contributed by atoms with van der Waals surface area (Å²) in [6, 6.07) is -56.0. The van der Waals surface area contributed by atoms with Gasteiger partial charge in [0, 0.05) is 49.3 Å². The number of hydrogen-bond acceptors (Lipinski definition) is 0. The van der Waals surface area contributed by atoms with Gasteiger partial charge in [0.2, 0.25) is 0 Å². The second-order valence-electron chi connectivity index (χ2n) is 15.0. The predicted octanol–water partition coefficient (Wildman–Crippen LogP) is 14.0. The maximum absolute atomic E-state index is 10.9. The predicted molar refractivity (Wildman–Crippen MR) is 299 cm³/mol. The molecule has 0 atom stereocenters. The van der Waals surface area contributed by atoms with Gasteiger partial charge in [-0.2, -0.15) is 0 Å². The minimum atomic E-state index is -6.79. The van der Waals surface area contributed by atoms with Crippen molar-refractivity contribution in [1.29, 1.82) is 0 Å². The lowest BCUT2D eigenvalue weighted by molar-refractivity contribution is 1.16. The summed E-state index contributed by atoms with van der Waals surface area (Å²) in [5.41, 5.74) is -11.3. The lowest BCUT2D eigenvalue weighted by atomic mass is 10.0. The first kappa shape index (κ1) is 15.5. The van der Waals surface area contributed by atoms with Crippen LogP contribution in [0.3, 0.4) is 0 Å². The van der Waals surface area contributed by atoms with Crippen LogP contribution in [0.1, 0.15) is 61.7 Å². The molecule has 0 amide bonds. The Bertz CT molecular complexity index is 6750. The number of rotatable bonds is 8. The van der Waals surface area contributed by atoms with Gasteiger partial charge in [-0.05, 0) is 98.8 Å². The van der Waals surface area contributed by atoms with Gasteiger partial charge in [0.25, 0.3) is 0 Å². The van der Waals surface area contributed by atoms with Gasteiger partial charge in [0.15, 0.2) is 8.07 Å². The standard InChI is InChI=1S/C66H45N3Si/c1-5-21-47(22-6-1)67-61-34-18-16-32-56(61)59-44-48(38-42-65(59)67)68-62-35-19-15-31-55(62)58-43-46(37-41-64(58)68)53-29-13-17-33-60(53)69-63-36-20-14-30-54(63)57-40-39-52(45-66(57)69)70(49-23-7-2-8-24-49,50-25-9-3-10-26-50)51-27-11-4-12-28-51/h1-45H/i1D,2D,3D,4D,5D,6D,7D,8D,9D,10D,11D,12D,13D,14D,15D,16D,17D,18D,19D,20D,21D,22D,23D,24D,25D,26D,27D,28D,29D,30D,31D,32D,33D,34D,35D,36D,37D,38D,39D,40D,41D,42D,43D,44D,45D. The molecule has 0 aliphatic carbocycles. The Labute approximate surface area is 470 Å². The fourth-order valence-electron chi connectivity index (χ4n) is 8.70. The maximum Gasteiger partial charge on any atom is 0.179 e. The molecule has 0 saturated carbocycles. The molecule has 4 heteroatoms. The molecule has 328 valence electrons. The molecular weight excluding hydrogens is 863 g/mol. The molecule has 0 fully saturated rings. The number of para-hydroxylation sites is 5. The summed E-state index contributed by atoms with van der Waals surface area (Å²) in [4.78, 5) is 0. The lowest BCUT2D eigenvalue weighted by Crippen LogP contribution is -2.74. The first-order valence-electron chi connectivity index (χ1n) is 43.0. The monoisotopic (exact) mass is 953 g/mol. The van der Waals surface area contributed by atoms with Crippen molar-refractivity contribution >= 4 is 94.2 Å². The molecule has 0 unspecified atom stereocenters. The number of nitrogens with zero attached hydrogens (tertiary/aromatic N) is 3. The summed E-state index contributed by atoms with van der Waals surface area (Å²) in [6.45, 7) is 0. The van der Waals surface area contributed by atoms with Gasteiger partial charge in [-0.1, -0.05) is 199 Å². The SMILES string of the molecule is [2H]c1c([2H])c([2H])c(-n2c3c([2H])c([2H])c([2H])c([2H])c3c3c([2H])c(-n4c5c([2H])c([2H])c([2H])c([2H])c5c5c([2H])c(-c6c([2H])c([2H])c([2H])c([2H])c6-n6c7c([2H])c([2H])c([2H])c([2H])c7c7c([2H])c([2H])c([Si](c8c([2H])c([2H])c([2H])c([2H])c8[2H])(c8c([2H])c([2H])c([2H])c([2H])c8[2H])c8c([2H])c([2H])c([2H])c([2H])c8[2H])c([2H])c76)c([2H])c([2H])c54)c([2H])c([2H])c32)c([2H])c1[2H]. The van der Waals surface area contributed by atoms with Crippen LogP contribution in [0.15, 0.2) is 272 Å². The van der Waals surface area contributed by atoms with E-state index in [1.165, 1.54) is 0 Å². The summed E-state index contributed by atoms with van der Waals surface area (Å²) >= 11 is 0. The summed E-state index contributed by atoms with van der Waals surface area (Å²) in [6.07, 6.45) is 0. The van der Waals surface area contributed by atoms with E-state index >= 15 is 0 Å². The lowest BCUT2D eigenvalue weighted by Gasteiger charge is -2.34. The van der Waals surface area contributed by atoms with Crippen LogP contribution in [0, 0.1) is 0 Å². The quantitative estimate of drug-likeness (QED) is 0.106. The normalized spacial score (nSPS) is 21.0. The second kappa shape index (κ2) is 16.1. The molecule has 11 aromatic carbocycles. The van der Waals surface area contributed by atoms with Crippen LogP contribution in [-0.4, -0.2) is 21.8 Å². The van der Waals surface area contributed by atoms with Gasteiger partial charge in [0.05, 0.1) is 100 Å². The van der Waals surface area contributed by atoms with Gasteiger partial charge >= 0.3 is 0 Å². The number of benzene rings is 11. The summed E-state index contributed by atoms with van der Waals surface area (Å²) in [7, 11) is -6.79. The van der Waals surface area contributed by atoms with Crippen molar-refractivity contribution in [2.75, 3.05) is 0 Å². The van der Waals surface area contributed by atoms with E-state index in [-0.39, 0.29) is 0 Å². The number of fused-ring (bicyclic) bond motifs is 9. The zero-order valence-corrected chi connectivity index (χ0v) is 35.8. The van der Waals surface area contributed by atoms with E-state index in [1.54, 1.807) is 0 Å². The molecule has 70 heavy (non-hydrogen) atoms. The van der Waals surface area contributed by atoms with E-state index in [4.69, 9.17) is 27.4 Å².